The second kappa shape index (κ2) is 9.48. The molecule has 9 heteroatoms. The van der Waals surface area contributed by atoms with Crippen molar-refractivity contribution in [1.82, 2.24) is 0 Å². The van der Waals surface area contributed by atoms with Crippen LogP contribution in [0.3, 0.4) is 0 Å². The van der Waals surface area contributed by atoms with E-state index in [4.69, 9.17) is 10.5 Å². The van der Waals surface area contributed by atoms with E-state index in [1.165, 1.54) is 0 Å². The van der Waals surface area contributed by atoms with Crippen LogP contribution in [-0.4, -0.2) is 26.2 Å². The number of sulfonamides is 1. The molecule has 0 saturated heterocycles. The summed E-state index contributed by atoms with van der Waals surface area (Å²) in [5.74, 6) is -0.713. The zero-order valence-electron chi connectivity index (χ0n) is 15.4. The second-order valence-electron chi connectivity index (χ2n) is 6.17. The fourth-order valence-electron chi connectivity index (χ4n) is 2.22. The molecule has 2 rings (SSSR count). The predicted molar refractivity (Wildman–Crippen MR) is 111 cm³/mol. The zero-order chi connectivity index (χ0) is 19.3. The summed E-state index contributed by atoms with van der Waals surface area (Å²) in [6.45, 7) is 5.59. The number of ether oxygens (including phenoxy) is 1. The number of benzene rings is 2. The fourth-order valence-corrected chi connectivity index (χ4v) is 3.21. The van der Waals surface area contributed by atoms with Crippen LogP contribution in [0.25, 0.3) is 0 Å². The third kappa shape index (κ3) is 7.36. The molecular weight excluding hydrogens is 390 g/mol. The van der Waals surface area contributed by atoms with Crippen LogP contribution in [0.4, 0.5) is 17.1 Å². The average molecular weight is 414 g/mol. The van der Waals surface area contributed by atoms with Crippen LogP contribution in [0, 0.1) is 6.92 Å². The highest BCUT2D eigenvalue weighted by Crippen LogP contribution is 2.19. The topological polar surface area (TPSA) is 111 Å². The van der Waals surface area contributed by atoms with Crippen LogP contribution in [0.5, 0.6) is 5.75 Å². The van der Waals surface area contributed by atoms with Crippen molar-refractivity contribution in [2.75, 3.05) is 21.5 Å². The monoisotopic (exact) mass is 413 g/mol. The first-order valence-electron chi connectivity index (χ1n) is 8.08. The number of carbonyl (C=O) groups is 1. The number of carbonyl (C=O) groups excluding carboxylic acids is 1. The van der Waals surface area contributed by atoms with Gasteiger partial charge in [-0.05, 0) is 62.7 Å². The Morgan fingerprint density at radius 2 is 1.78 bits per heavy atom. The molecule has 0 aliphatic heterocycles. The van der Waals surface area contributed by atoms with E-state index in [1.54, 1.807) is 49.4 Å². The smallest absolute Gasteiger partial charge is 0.241 e. The second-order valence-corrected chi connectivity index (χ2v) is 7.90. The van der Waals surface area contributed by atoms with Gasteiger partial charge in [-0.15, -0.1) is 12.4 Å². The minimum Gasteiger partial charge on any atom is -0.491 e. The lowest BCUT2D eigenvalue weighted by atomic mass is 10.2. The van der Waals surface area contributed by atoms with E-state index in [1.807, 2.05) is 13.8 Å². The molecule has 27 heavy (non-hydrogen) atoms. The van der Waals surface area contributed by atoms with E-state index >= 15 is 0 Å². The van der Waals surface area contributed by atoms with Crippen LogP contribution >= 0.6 is 12.4 Å². The summed E-state index contributed by atoms with van der Waals surface area (Å²) in [5, 5.41) is 2.57. The largest absolute Gasteiger partial charge is 0.491 e. The third-order valence-corrected chi connectivity index (χ3v) is 4.55. The minimum atomic E-state index is -3.85. The Bertz CT molecular complexity index is 884. The summed E-state index contributed by atoms with van der Waals surface area (Å²) in [6, 6.07) is 11.5. The van der Waals surface area contributed by atoms with Crippen molar-refractivity contribution in [1.29, 1.82) is 0 Å². The molecule has 0 atom stereocenters. The maximum atomic E-state index is 12.2. The molecule has 1 amide bonds. The molecule has 0 aromatic heterocycles. The Balaban J connectivity index is 0.00000364. The molecule has 4 N–H and O–H groups in total. The maximum Gasteiger partial charge on any atom is 0.241 e. The summed E-state index contributed by atoms with van der Waals surface area (Å²) >= 11 is 0. The first-order valence-corrected chi connectivity index (χ1v) is 9.73. The number of aryl methyl sites for hydroxylation is 1. The van der Waals surface area contributed by atoms with Crippen LogP contribution < -0.4 is 20.5 Å². The first kappa shape index (κ1) is 22.6. The maximum absolute atomic E-state index is 12.2. The van der Waals surface area contributed by atoms with Gasteiger partial charge in [-0.1, -0.05) is 6.07 Å². The van der Waals surface area contributed by atoms with Crippen LogP contribution in [-0.2, 0) is 14.8 Å². The average Bonchev–Trinajstić information content (AvgIpc) is 2.51. The van der Waals surface area contributed by atoms with Gasteiger partial charge in [0, 0.05) is 17.1 Å². The van der Waals surface area contributed by atoms with Crippen molar-refractivity contribution in [3.05, 3.63) is 48.0 Å². The number of rotatable bonds is 7. The number of amides is 1. The Hall–Kier alpha value is -2.45. The molecule has 148 valence electrons. The molecule has 7 nitrogen and oxygen atoms in total. The summed E-state index contributed by atoms with van der Waals surface area (Å²) in [7, 11) is -3.85. The van der Waals surface area contributed by atoms with Crippen LogP contribution in [0.2, 0.25) is 0 Å². The van der Waals surface area contributed by atoms with E-state index in [0.717, 1.165) is 5.56 Å². The normalized spacial score (nSPS) is 10.8. The lowest BCUT2D eigenvalue weighted by molar-refractivity contribution is -0.113. The Labute approximate surface area is 165 Å². The van der Waals surface area contributed by atoms with Crippen molar-refractivity contribution >= 4 is 45.4 Å². The fraction of sp³-hybridized carbons (Fsp3) is 0.278. The van der Waals surface area contributed by atoms with Gasteiger partial charge in [0.05, 0.1) is 6.10 Å². The van der Waals surface area contributed by atoms with Gasteiger partial charge in [-0.2, -0.15) is 0 Å². The van der Waals surface area contributed by atoms with Gasteiger partial charge in [-0.3, -0.25) is 9.52 Å². The standard InChI is InChI=1S/C18H23N3O4S.ClH/c1-12(2)25-16-8-6-15(7-9-16)21-26(23,24)11-18(22)20-17-10-14(19)5-4-13(17)3;/h4-10,12,21H,11,19H2,1-3H3,(H,20,22);1H. The number of anilines is 3. The molecule has 0 radical (unpaired) electrons. The van der Waals surface area contributed by atoms with Crippen molar-refractivity contribution in [2.24, 2.45) is 0 Å². The van der Waals surface area contributed by atoms with E-state index in [9.17, 15) is 13.2 Å². The van der Waals surface area contributed by atoms with Crippen LogP contribution in [0.1, 0.15) is 19.4 Å². The minimum absolute atomic E-state index is 0. The molecule has 0 saturated carbocycles. The number of nitrogen functional groups attached to an aromatic ring is 1. The van der Waals surface area contributed by atoms with E-state index in [-0.39, 0.29) is 18.5 Å². The van der Waals surface area contributed by atoms with E-state index in [0.29, 0.717) is 22.8 Å². The molecule has 0 spiro atoms. The van der Waals surface area contributed by atoms with Gasteiger partial charge < -0.3 is 15.8 Å². The number of nitrogens with one attached hydrogen (secondary N) is 2. The summed E-state index contributed by atoms with van der Waals surface area (Å²) < 4.78 is 32.2. The molecule has 0 fully saturated rings. The molecular formula is C18H24ClN3O4S. The van der Waals surface area contributed by atoms with Gasteiger partial charge in [0.1, 0.15) is 11.5 Å². The Morgan fingerprint density at radius 1 is 1.15 bits per heavy atom. The van der Waals surface area contributed by atoms with Crippen LogP contribution in [0.15, 0.2) is 42.5 Å². The number of hydrogen-bond donors (Lipinski definition) is 3. The molecule has 0 aliphatic rings. The number of halogens is 1. The molecule has 0 unspecified atom stereocenters. The predicted octanol–water partition coefficient (Wildman–Crippen LogP) is 3.17. The zero-order valence-corrected chi connectivity index (χ0v) is 17.0. The summed E-state index contributed by atoms with van der Waals surface area (Å²) in [6.07, 6.45) is 0.0247. The van der Waals surface area contributed by atoms with Gasteiger partial charge in [-0.25, -0.2) is 8.42 Å². The third-order valence-electron chi connectivity index (χ3n) is 3.36. The number of nitrogens with two attached hydrogens (primary N) is 1. The van der Waals surface area contributed by atoms with E-state index < -0.39 is 21.7 Å². The SMILES string of the molecule is Cc1ccc(N)cc1NC(=O)CS(=O)(=O)Nc1ccc(OC(C)C)cc1.Cl. The summed E-state index contributed by atoms with van der Waals surface area (Å²) in [4.78, 5) is 12.1. The first-order chi connectivity index (χ1) is 12.1. The van der Waals surface area contributed by atoms with E-state index in [2.05, 4.69) is 10.0 Å². The highest BCUT2D eigenvalue weighted by Gasteiger charge is 2.17. The Morgan fingerprint density at radius 3 is 2.37 bits per heavy atom. The van der Waals surface area contributed by atoms with Gasteiger partial charge in [0.15, 0.2) is 0 Å². The molecule has 2 aromatic rings. The lowest BCUT2D eigenvalue weighted by Gasteiger charge is -2.12. The lowest BCUT2D eigenvalue weighted by Crippen LogP contribution is -2.27. The molecule has 0 aliphatic carbocycles. The van der Waals surface area contributed by atoms with Gasteiger partial charge >= 0.3 is 0 Å². The van der Waals surface area contributed by atoms with Crippen molar-refractivity contribution in [3.63, 3.8) is 0 Å². The highest BCUT2D eigenvalue weighted by molar-refractivity contribution is 7.93. The molecule has 2 aromatic carbocycles. The number of hydrogen-bond acceptors (Lipinski definition) is 5. The summed E-state index contributed by atoms with van der Waals surface area (Å²) in [5.41, 5.74) is 7.80. The highest BCUT2D eigenvalue weighted by atomic mass is 35.5. The van der Waals surface area contributed by atoms with Crippen molar-refractivity contribution in [3.8, 4) is 5.75 Å². The van der Waals surface area contributed by atoms with Gasteiger partial charge in [0.25, 0.3) is 0 Å². The quantitative estimate of drug-likeness (QED) is 0.604. The molecule has 0 bridgehead atoms. The van der Waals surface area contributed by atoms with Crippen molar-refractivity contribution in [2.45, 2.75) is 26.9 Å². The molecule has 0 heterocycles. The van der Waals surface area contributed by atoms with Crippen molar-refractivity contribution < 1.29 is 17.9 Å². The Kier molecular flexibility index (Phi) is 7.93. The van der Waals surface area contributed by atoms with Gasteiger partial charge in [0.2, 0.25) is 15.9 Å².